The number of halogens is 1. The van der Waals surface area contributed by atoms with Crippen molar-refractivity contribution in [2.24, 2.45) is 0 Å². The Balaban J connectivity index is 2.42. The van der Waals surface area contributed by atoms with E-state index < -0.39 is 23.5 Å². The largest absolute Gasteiger partial charge is 0.506 e. The first-order valence-corrected chi connectivity index (χ1v) is 7.05. The Morgan fingerprint density at radius 3 is 2.65 bits per heavy atom. The van der Waals surface area contributed by atoms with E-state index in [0.717, 1.165) is 0 Å². The zero-order valence-electron chi connectivity index (χ0n) is 12.3. The minimum atomic E-state index is -1.18. The second-order valence-corrected chi connectivity index (χ2v) is 5.50. The van der Waals surface area contributed by atoms with Crippen LogP contribution < -0.4 is 10.9 Å². The zero-order valence-corrected chi connectivity index (χ0v) is 13.1. The molecule has 2 aromatic rings. The summed E-state index contributed by atoms with van der Waals surface area (Å²) in [5, 5.41) is 21.2. The lowest BCUT2D eigenvalue weighted by Crippen LogP contribution is -2.39. The summed E-state index contributed by atoms with van der Waals surface area (Å²) < 4.78 is 5.09. The minimum absolute atomic E-state index is 0.0874. The maximum absolute atomic E-state index is 12.0. The van der Waals surface area contributed by atoms with Gasteiger partial charge in [0.2, 0.25) is 5.91 Å². The maximum atomic E-state index is 12.0. The monoisotopic (exact) mass is 339 g/mol. The smallest absolute Gasteiger partial charge is 0.340 e. The van der Waals surface area contributed by atoms with Gasteiger partial charge in [-0.05, 0) is 25.5 Å². The number of aromatic hydroxyl groups is 1. The normalized spacial score (nSPS) is 12.1. The highest BCUT2D eigenvalue weighted by atomic mass is 35.5. The first kappa shape index (κ1) is 16.8. The fraction of sp³-hybridized carbons (Fsp3) is 0.267. The number of carboxylic acid groups (broad SMARTS) is 1. The van der Waals surface area contributed by atoms with E-state index in [2.05, 4.69) is 5.32 Å². The van der Waals surface area contributed by atoms with Gasteiger partial charge < -0.3 is 19.9 Å². The summed E-state index contributed by atoms with van der Waals surface area (Å²) in [6.45, 7) is 2.94. The average molecular weight is 340 g/mol. The van der Waals surface area contributed by atoms with Crippen molar-refractivity contribution < 1.29 is 24.2 Å². The van der Waals surface area contributed by atoms with Crippen LogP contribution in [0, 0.1) is 6.92 Å². The Morgan fingerprint density at radius 1 is 1.39 bits per heavy atom. The fourth-order valence-electron chi connectivity index (χ4n) is 2.12. The Kier molecular flexibility index (Phi) is 4.60. The van der Waals surface area contributed by atoms with Crippen molar-refractivity contribution >= 4 is 34.4 Å². The first-order chi connectivity index (χ1) is 10.7. The molecule has 0 aliphatic heterocycles. The molecule has 1 atom stereocenters. The van der Waals surface area contributed by atoms with Gasteiger partial charge in [-0.2, -0.15) is 0 Å². The van der Waals surface area contributed by atoms with E-state index in [1.165, 1.54) is 19.1 Å². The van der Waals surface area contributed by atoms with Crippen LogP contribution in [-0.4, -0.2) is 28.1 Å². The van der Waals surface area contributed by atoms with Gasteiger partial charge in [0.15, 0.2) is 0 Å². The number of rotatable bonds is 4. The topological polar surface area (TPSA) is 117 Å². The molecule has 1 amide bonds. The van der Waals surface area contributed by atoms with Gasteiger partial charge in [0, 0.05) is 11.5 Å². The summed E-state index contributed by atoms with van der Waals surface area (Å²) in [5.74, 6) is -2.01. The standard InChI is InChI=1S/C15H14ClNO6/c1-6-8-3-10(16)11(18)5-12(8)23-15(22)9(6)4-13(19)17-7(2)14(20)21/h3,5,7,18H,4H2,1-2H3,(H,17,19)(H,20,21)/t7-/m1/s1. The van der Waals surface area contributed by atoms with E-state index in [1.54, 1.807) is 6.92 Å². The van der Waals surface area contributed by atoms with Gasteiger partial charge in [-0.15, -0.1) is 0 Å². The van der Waals surface area contributed by atoms with Crippen LogP contribution in [0.15, 0.2) is 21.3 Å². The fourth-order valence-corrected chi connectivity index (χ4v) is 2.28. The van der Waals surface area contributed by atoms with Gasteiger partial charge in [-0.1, -0.05) is 11.6 Å². The number of amides is 1. The number of carbonyl (C=O) groups excluding carboxylic acids is 1. The molecule has 0 spiro atoms. The Hall–Kier alpha value is -2.54. The second-order valence-electron chi connectivity index (χ2n) is 5.10. The molecule has 0 aliphatic rings. The van der Waals surface area contributed by atoms with Crippen molar-refractivity contribution in [3.63, 3.8) is 0 Å². The molecule has 0 fully saturated rings. The summed E-state index contributed by atoms with van der Waals surface area (Å²) >= 11 is 5.85. The number of aryl methyl sites for hydroxylation is 1. The summed E-state index contributed by atoms with van der Waals surface area (Å²) in [6, 6.07) is 1.59. The quantitative estimate of drug-likeness (QED) is 0.728. The maximum Gasteiger partial charge on any atom is 0.340 e. The number of benzene rings is 1. The number of aliphatic carboxylic acids is 1. The number of phenolic OH excluding ortho intramolecular Hbond substituents is 1. The Morgan fingerprint density at radius 2 is 2.04 bits per heavy atom. The van der Waals surface area contributed by atoms with Gasteiger partial charge >= 0.3 is 11.6 Å². The van der Waals surface area contributed by atoms with Crippen molar-refractivity contribution in [3.05, 3.63) is 38.7 Å². The molecule has 8 heteroatoms. The highest BCUT2D eigenvalue weighted by molar-refractivity contribution is 6.32. The van der Waals surface area contributed by atoms with Gasteiger partial charge in [0.05, 0.1) is 17.0 Å². The lowest BCUT2D eigenvalue weighted by Gasteiger charge is -2.11. The van der Waals surface area contributed by atoms with Crippen LogP contribution in [0.5, 0.6) is 5.75 Å². The summed E-state index contributed by atoms with van der Waals surface area (Å²) in [6.07, 6.45) is -0.319. The molecule has 1 aromatic carbocycles. The molecule has 0 saturated heterocycles. The van der Waals surface area contributed by atoms with Crippen LogP contribution in [0.3, 0.4) is 0 Å². The predicted molar refractivity (Wildman–Crippen MR) is 82.8 cm³/mol. The number of carbonyl (C=O) groups is 2. The van der Waals surface area contributed by atoms with Crippen molar-refractivity contribution in [3.8, 4) is 5.75 Å². The highest BCUT2D eigenvalue weighted by Gasteiger charge is 2.19. The van der Waals surface area contributed by atoms with Gasteiger partial charge in [-0.3, -0.25) is 9.59 Å². The first-order valence-electron chi connectivity index (χ1n) is 6.67. The molecule has 0 aliphatic carbocycles. The molecule has 23 heavy (non-hydrogen) atoms. The molecule has 0 saturated carbocycles. The molecule has 0 unspecified atom stereocenters. The number of phenols is 1. The van der Waals surface area contributed by atoms with Crippen molar-refractivity contribution in [2.45, 2.75) is 26.3 Å². The number of hydrogen-bond donors (Lipinski definition) is 3. The zero-order chi connectivity index (χ0) is 17.3. The van der Waals surface area contributed by atoms with Crippen LogP contribution in [0.25, 0.3) is 11.0 Å². The van der Waals surface area contributed by atoms with Crippen LogP contribution in [0.2, 0.25) is 5.02 Å². The van der Waals surface area contributed by atoms with E-state index >= 15 is 0 Å². The lowest BCUT2D eigenvalue weighted by molar-refractivity contribution is -0.141. The van der Waals surface area contributed by atoms with E-state index in [1.807, 2.05) is 0 Å². The minimum Gasteiger partial charge on any atom is -0.506 e. The Labute approximate surface area is 135 Å². The molecule has 0 bridgehead atoms. The Bertz CT molecular complexity index is 857. The van der Waals surface area contributed by atoms with E-state index in [-0.39, 0.29) is 28.3 Å². The molecular formula is C15H14ClNO6. The van der Waals surface area contributed by atoms with Gasteiger partial charge in [0.1, 0.15) is 17.4 Å². The molecular weight excluding hydrogens is 326 g/mol. The van der Waals surface area contributed by atoms with E-state index in [4.69, 9.17) is 21.1 Å². The third kappa shape index (κ3) is 3.45. The van der Waals surface area contributed by atoms with Gasteiger partial charge in [0.25, 0.3) is 0 Å². The summed E-state index contributed by atoms with van der Waals surface area (Å²) in [7, 11) is 0. The van der Waals surface area contributed by atoms with Crippen LogP contribution in [-0.2, 0) is 16.0 Å². The molecule has 3 N–H and O–H groups in total. The number of hydrogen-bond acceptors (Lipinski definition) is 5. The molecule has 122 valence electrons. The van der Waals surface area contributed by atoms with Gasteiger partial charge in [-0.25, -0.2) is 4.79 Å². The van der Waals surface area contributed by atoms with Crippen molar-refractivity contribution in [1.82, 2.24) is 5.32 Å². The molecule has 7 nitrogen and oxygen atoms in total. The van der Waals surface area contributed by atoms with E-state index in [9.17, 15) is 19.5 Å². The lowest BCUT2D eigenvalue weighted by atomic mass is 10.0. The third-order valence-electron chi connectivity index (χ3n) is 3.44. The van der Waals surface area contributed by atoms with Crippen molar-refractivity contribution in [1.29, 1.82) is 0 Å². The predicted octanol–water partition coefficient (Wildman–Crippen LogP) is 1.59. The van der Waals surface area contributed by atoms with E-state index in [0.29, 0.717) is 10.9 Å². The molecule has 1 aromatic heterocycles. The molecule has 0 radical (unpaired) electrons. The molecule has 2 rings (SSSR count). The van der Waals surface area contributed by atoms with Crippen molar-refractivity contribution in [2.75, 3.05) is 0 Å². The van der Waals surface area contributed by atoms with Crippen LogP contribution in [0.1, 0.15) is 18.1 Å². The van der Waals surface area contributed by atoms with Crippen LogP contribution >= 0.6 is 11.6 Å². The summed E-state index contributed by atoms with van der Waals surface area (Å²) in [5.41, 5.74) is 0.0120. The number of fused-ring (bicyclic) bond motifs is 1. The number of carboxylic acids is 1. The third-order valence-corrected chi connectivity index (χ3v) is 3.74. The average Bonchev–Trinajstić information content (AvgIpc) is 2.46. The molecule has 1 heterocycles. The number of nitrogens with one attached hydrogen (secondary N) is 1. The summed E-state index contributed by atoms with van der Waals surface area (Å²) in [4.78, 5) is 34.6. The second kappa shape index (κ2) is 6.29. The van der Waals surface area contributed by atoms with Crippen LogP contribution in [0.4, 0.5) is 0 Å². The SMILES string of the molecule is Cc1c(CC(=O)N[C@H](C)C(=O)O)c(=O)oc2cc(O)c(Cl)cc12. The highest BCUT2D eigenvalue weighted by Crippen LogP contribution is 2.30.